The molecule has 4 aromatic carbocycles. The molecule has 0 heterocycles. The van der Waals surface area contributed by atoms with E-state index < -0.39 is 17.4 Å². The average Bonchev–Trinajstić information content (AvgIpc) is 3.33. The fraction of sp³-hybridized carbons (Fsp3) is 0.171. The fourth-order valence-electron chi connectivity index (χ4n) is 6.47. The molecule has 4 aromatic rings. The van der Waals surface area contributed by atoms with Crippen LogP contribution in [0.3, 0.4) is 0 Å². The normalized spacial score (nSPS) is 17.1. The summed E-state index contributed by atoms with van der Waals surface area (Å²) in [5.74, 6) is 0. The zero-order valence-corrected chi connectivity index (χ0v) is 25.4. The Labute approximate surface area is 245 Å². The van der Waals surface area contributed by atoms with Crippen molar-refractivity contribution in [2.45, 2.75) is 36.1 Å². The quantitative estimate of drug-likeness (QED) is 0.331. The van der Waals surface area contributed by atoms with E-state index in [1.54, 1.807) is 26.1 Å². The predicted octanol–water partition coefficient (Wildman–Crippen LogP) is 2.98. The molecule has 0 bridgehead atoms. The van der Waals surface area contributed by atoms with Crippen LogP contribution >= 0.6 is 0 Å². The predicted molar refractivity (Wildman–Crippen MR) is 151 cm³/mol. The van der Waals surface area contributed by atoms with E-state index in [1.165, 1.54) is 33.4 Å². The van der Waals surface area contributed by atoms with E-state index in [2.05, 4.69) is 137 Å². The molecular formula is C35H32Cl2Ti. The van der Waals surface area contributed by atoms with E-state index in [1.807, 2.05) is 0 Å². The van der Waals surface area contributed by atoms with Crippen molar-refractivity contribution < 1.29 is 42.2 Å². The van der Waals surface area contributed by atoms with Crippen molar-refractivity contribution in [1.82, 2.24) is 0 Å². The first kappa shape index (κ1) is 28.5. The van der Waals surface area contributed by atoms with Gasteiger partial charge < -0.3 is 24.8 Å². The average molecular weight is 571 g/mol. The van der Waals surface area contributed by atoms with Crippen LogP contribution in [-0.4, -0.2) is 3.81 Å². The van der Waals surface area contributed by atoms with E-state index in [0.29, 0.717) is 8.45 Å². The Balaban J connectivity index is 0.00000168. The summed E-state index contributed by atoms with van der Waals surface area (Å²) in [6.07, 6.45) is 0. The van der Waals surface area contributed by atoms with Crippen LogP contribution in [-0.2, 0) is 17.4 Å². The van der Waals surface area contributed by atoms with Gasteiger partial charge in [0.1, 0.15) is 0 Å². The van der Waals surface area contributed by atoms with Crippen LogP contribution in [0.4, 0.5) is 0 Å². The second kappa shape index (κ2) is 11.7. The van der Waals surface area contributed by atoms with Gasteiger partial charge in [0.2, 0.25) is 0 Å². The topological polar surface area (TPSA) is 0 Å². The zero-order valence-electron chi connectivity index (χ0n) is 22.3. The summed E-state index contributed by atoms with van der Waals surface area (Å²) >= 11 is -2.18. The molecule has 0 nitrogen and oxygen atoms in total. The summed E-state index contributed by atoms with van der Waals surface area (Å²) in [5, 5.41) is 0. The Bertz CT molecular complexity index is 1450. The monoisotopic (exact) mass is 570 g/mol. The van der Waals surface area contributed by atoms with Crippen molar-refractivity contribution in [3.8, 4) is 0 Å². The Morgan fingerprint density at radius 1 is 0.474 bits per heavy atom. The van der Waals surface area contributed by atoms with Gasteiger partial charge in [-0.15, -0.1) is 0 Å². The second-order valence-electron chi connectivity index (χ2n) is 10.2. The molecule has 0 saturated heterocycles. The number of hydrogen-bond acceptors (Lipinski definition) is 0. The van der Waals surface area contributed by atoms with E-state index in [0.717, 1.165) is 0 Å². The molecule has 0 amide bonds. The van der Waals surface area contributed by atoms with E-state index in [-0.39, 0.29) is 24.8 Å². The van der Waals surface area contributed by atoms with E-state index in [4.69, 9.17) is 0 Å². The Hall–Kier alpha value is -2.48. The molecule has 190 valence electrons. The molecule has 2 atom stereocenters. The van der Waals surface area contributed by atoms with Gasteiger partial charge in [0, 0.05) is 0 Å². The fourth-order valence-corrected chi connectivity index (χ4v) is 13.4. The van der Waals surface area contributed by atoms with Crippen molar-refractivity contribution in [1.29, 1.82) is 0 Å². The van der Waals surface area contributed by atoms with Crippen LogP contribution in [0.15, 0.2) is 120 Å². The molecule has 0 aliphatic heterocycles. The standard InChI is InChI=1S/C13H10.2C11H11.2ClH.Ti/c1-3-7-12(8-4-1)11-13-9-5-2-6-10-13;2*1-8-7-10-5-3-4-6-11(10)9(8)2;;;/h1-10H;2*3-7H,1-2H3;2*1H;/q;;;;;+2/p-2. The number of fused-ring (bicyclic) bond motifs is 2. The molecule has 2 aliphatic rings. The number of benzene rings is 4. The Morgan fingerprint density at radius 2 is 0.816 bits per heavy atom. The number of hydrogen-bond donors (Lipinski definition) is 0. The number of rotatable bonds is 4. The van der Waals surface area contributed by atoms with Crippen molar-refractivity contribution in [2.24, 2.45) is 0 Å². The van der Waals surface area contributed by atoms with Gasteiger partial charge >= 0.3 is 222 Å². The molecule has 6 rings (SSSR count). The van der Waals surface area contributed by atoms with Gasteiger partial charge in [-0.1, -0.05) is 0 Å². The summed E-state index contributed by atoms with van der Waals surface area (Å²) in [4.78, 5) is 0. The summed E-state index contributed by atoms with van der Waals surface area (Å²) in [6.45, 7) is 9.50. The molecule has 2 unspecified atom stereocenters. The first-order valence-electron chi connectivity index (χ1n) is 13.0. The largest absolute Gasteiger partial charge is 1.00 e. The minimum absolute atomic E-state index is 0. The molecule has 0 N–H and O–H groups in total. The summed E-state index contributed by atoms with van der Waals surface area (Å²) in [6, 6.07) is 40.9. The third kappa shape index (κ3) is 4.63. The van der Waals surface area contributed by atoms with Gasteiger partial charge in [0.15, 0.2) is 0 Å². The zero-order chi connectivity index (χ0) is 24.8. The number of halogens is 2. The summed E-state index contributed by atoms with van der Waals surface area (Å²) in [5.41, 5.74) is 14.9. The van der Waals surface area contributed by atoms with Gasteiger partial charge in [0.05, 0.1) is 0 Å². The maximum absolute atomic E-state index is 2.41. The summed E-state index contributed by atoms with van der Waals surface area (Å²) < 4.78 is 2.57. The minimum atomic E-state index is -2.18. The van der Waals surface area contributed by atoms with Crippen molar-refractivity contribution in [3.63, 3.8) is 0 Å². The molecule has 0 fully saturated rings. The van der Waals surface area contributed by atoms with Crippen molar-refractivity contribution >= 4 is 15.0 Å². The Morgan fingerprint density at radius 3 is 1.21 bits per heavy atom. The van der Waals surface area contributed by atoms with Gasteiger partial charge in [-0.05, 0) is 0 Å². The van der Waals surface area contributed by atoms with Gasteiger partial charge in [-0.25, -0.2) is 0 Å². The first-order chi connectivity index (χ1) is 17.6. The van der Waals surface area contributed by atoms with Crippen LogP contribution in [0.5, 0.6) is 0 Å². The van der Waals surface area contributed by atoms with Gasteiger partial charge in [-0.2, -0.15) is 0 Å². The van der Waals surface area contributed by atoms with Crippen LogP contribution < -0.4 is 24.8 Å². The molecule has 0 saturated carbocycles. The SMILES string of the molecule is CC1=C(C)[CH]([Ti+2](=[C](c2ccccc2)c2ccccc2)[CH]2C(C)=C(C)c3ccccc32)c2ccccc21.[Cl-].[Cl-]. The smallest absolute Gasteiger partial charge is 1.00 e. The number of allylic oxidation sites excluding steroid dienone is 4. The third-order valence-corrected chi connectivity index (χ3v) is 14.5. The maximum atomic E-state index is 2.41. The molecule has 0 spiro atoms. The van der Waals surface area contributed by atoms with Crippen molar-refractivity contribution in [3.05, 3.63) is 154 Å². The van der Waals surface area contributed by atoms with E-state index in [9.17, 15) is 0 Å². The summed E-state index contributed by atoms with van der Waals surface area (Å²) in [7, 11) is 0. The third-order valence-electron chi connectivity index (χ3n) is 8.44. The van der Waals surface area contributed by atoms with Crippen LogP contribution in [0.25, 0.3) is 11.1 Å². The molecule has 2 aliphatic carbocycles. The molecule has 3 heteroatoms. The van der Waals surface area contributed by atoms with Gasteiger partial charge in [0.25, 0.3) is 0 Å². The van der Waals surface area contributed by atoms with Crippen LogP contribution in [0.1, 0.15) is 69.5 Å². The molecule has 0 aromatic heterocycles. The van der Waals surface area contributed by atoms with Crippen LogP contribution in [0, 0.1) is 0 Å². The molecular weight excluding hydrogens is 539 g/mol. The minimum Gasteiger partial charge on any atom is -1.00 e. The van der Waals surface area contributed by atoms with Crippen molar-refractivity contribution in [2.75, 3.05) is 0 Å². The van der Waals surface area contributed by atoms with Crippen LogP contribution in [0.2, 0.25) is 0 Å². The second-order valence-corrected chi connectivity index (χ2v) is 14.2. The maximum Gasteiger partial charge on any atom is -1.00 e. The van der Waals surface area contributed by atoms with E-state index >= 15 is 0 Å². The van der Waals surface area contributed by atoms with Gasteiger partial charge in [-0.3, -0.25) is 0 Å². The first-order valence-corrected chi connectivity index (χ1v) is 15.5. The Kier molecular flexibility index (Phi) is 8.80. The molecule has 0 radical (unpaired) electrons. The molecule has 38 heavy (non-hydrogen) atoms.